The molecule has 2 unspecified atom stereocenters. The predicted molar refractivity (Wildman–Crippen MR) is 135 cm³/mol. The summed E-state index contributed by atoms with van der Waals surface area (Å²) in [7, 11) is -3.98. The van der Waals surface area contributed by atoms with Gasteiger partial charge < -0.3 is 9.88 Å². The zero-order valence-corrected chi connectivity index (χ0v) is 20.6. The number of pyridine rings is 1. The molecular formula is C26H27FN4O4S. The van der Waals surface area contributed by atoms with Gasteiger partial charge in [-0.15, -0.1) is 0 Å². The number of anilines is 2. The summed E-state index contributed by atoms with van der Waals surface area (Å²) in [6.45, 7) is 4.20. The molecule has 3 aromatic rings. The molecule has 2 aliphatic rings. The Hall–Kier alpha value is -3.50. The van der Waals surface area contributed by atoms with Crippen LogP contribution < -0.4 is 15.6 Å². The van der Waals surface area contributed by atoms with Crippen molar-refractivity contribution in [1.29, 1.82) is 0 Å². The Morgan fingerprint density at radius 1 is 1.00 bits per heavy atom. The lowest BCUT2D eigenvalue weighted by Crippen LogP contribution is -2.47. The summed E-state index contributed by atoms with van der Waals surface area (Å²) in [4.78, 5) is 26.8. The highest BCUT2D eigenvalue weighted by atomic mass is 32.2. The number of sulfonamides is 1. The van der Waals surface area contributed by atoms with Gasteiger partial charge in [0.05, 0.1) is 4.90 Å². The third kappa shape index (κ3) is 5.05. The molecule has 8 nitrogen and oxygen atoms in total. The number of halogens is 1. The third-order valence-corrected chi connectivity index (χ3v) is 8.11. The Kier molecular flexibility index (Phi) is 6.40. The molecule has 1 aromatic heterocycles. The Bertz CT molecular complexity index is 1450. The smallest absolute Gasteiger partial charge is 0.275 e. The van der Waals surface area contributed by atoms with E-state index in [0.717, 1.165) is 37.3 Å². The van der Waals surface area contributed by atoms with Gasteiger partial charge in [-0.3, -0.25) is 19.2 Å². The maximum absolute atomic E-state index is 13.3. The monoisotopic (exact) mass is 510 g/mol. The summed E-state index contributed by atoms with van der Waals surface area (Å²) in [6.07, 6.45) is 0.977. The quantitative estimate of drug-likeness (QED) is 0.530. The van der Waals surface area contributed by atoms with E-state index >= 15 is 0 Å². The van der Waals surface area contributed by atoms with Gasteiger partial charge in [0, 0.05) is 50.4 Å². The molecule has 188 valence electrons. The molecular weight excluding hydrogens is 483 g/mol. The van der Waals surface area contributed by atoms with Crippen molar-refractivity contribution < 1.29 is 17.6 Å². The molecule has 0 saturated carbocycles. The van der Waals surface area contributed by atoms with E-state index in [1.807, 2.05) is 6.07 Å². The summed E-state index contributed by atoms with van der Waals surface area (Å²) in [5.74, 6) is -0.0784. The van der Waals surface area contributed by atoms with Crippen LogP contribution in [0.25, 0.3) is 0 Å². The van der Waals surface area contributed by atoms with Gasteiger partial charge in [-0.05, 0) is 66.4 Å². The standard InChI is InChI=1S/C26H27FN4O4S/c1-17(32)28-22-6-8-23(9-7-22)36(34,35)29-24-10-11-25-20-12-19(15-31(25)26(24)33)14-30(16-20)13-18-2-4-21(27)5-3-18/h2-11,19-20,29H,12-16H2,1H3,(H,28,32). The van der Waals surface area contributed by atoms with Crippen molar-refractivity contribution >= 4 is 27.3 Å². The molecule has 0 spiro atoms. The van der Waals surface area contributed by atoms with E-state index in [-0.39, 0.29) is 39.7 Å². The fourth-order valence-electron chi connectivity index (χ4n) is 5.22. The van der Waals surface area contributed by atoms with E-state index in [2.05, 4.69) is 14.9 Å². The van der Waals surface area contributed by atoms with Crippen molar-refractivity contribution in [2.45, 2.75) is 37.2 Å². The Balaban J connectivity index is 1.33. The summed E-state index contributed by atoms with van der Waals surface area (Å²) in [5, 5.41) is 2.59. The molecule has 1 saturated heterocycles. The van der Waals surface area contributed by atoms with Gasteiger partial charge in [0.15, 0.2) is 0 Å². The van der Waals surface area contributed by atoms with Gasteiger partial charge >= 0.3 is 0 Å². The Morgan fingerprint density at radius 2 is 1.72 bits per heavy atom. The zero-order chi connectivity index (χ0) is 25.4. The SMILES string of the molecule is CC(=O)Nc1ccc(S(=O)(=O)Nc2ccc3n(c2=O)CC2CC3CN(Cc3ccc(F)cc3)C2)cc1. The lowest BCUT2D eigenvalue weighted by Gasteiger charge is -2.43. The highest BCUT2D eigenvalue weighted by Crippen LogP contribution is 2.36. The molecule has 2 aliphatic heterocycles. The second kappa shape index (κ2) is 9.51. The van der Waals surface area contributed by atoms with E-state index in [9.17, 15) is 22.4 Å². The molecule has 1 fully saturated rings. The Morgan fingerprint density at radius 3 is 2.42 bits per heavy atom. The van der Waals surface area contributed by atoms with Gasteiger partial charge in [-0.2, -0.15) is 0 Å². The van der Waals surface area contributed by atoms with Crippen LogP contribution in [0.1, 0.15) is 30.5 Å². The summed E-state index contributed by atoms with van der Waals surface area (Å²) >= 11 is 0. The van der Waals surface area contributed by atoms with Crippen LogP contribution in [0.5, 0.6) is 0 Å². The molecule has 10 heteroatoms. The number of amides is 1. The van der Waals surface area contributed by atoms with Gasteiger partial charge in [0.1, 0.15) is 11.5 Å². The van der Waals surface area contributed by atoms with Gasteiger partial charge in [0.25, 0.3) is 15.6 Å². The highest BCUT2D eigenvalue weighted by molar-refractivity contribution is 7.92. The van der Waals surface area contributed by atoms with Crippen molar-refractivity contribution in [3.8, 4) is 0 Å². The number of nitrogens with one attached hydrogen (secondary N) is 2. The van der Waals surface area contributed by atoms with Crippen molar-refractivity contribution in [2.24, 2.45) is 5.92 Å². The number of fused-ring (bicyclic) bond motifs is 4. The first kappa shape index (κ1) is 24.2. The Labute approximate surface area is 208 Å². The summed E-state index contributed by atoms with van der Waals surface area (Å²) in [5.41, 5.74) is 2.09. The first-order valence-electron chi connectivity index (χ1n) is 11.8. The van der Waals surface area contributed by atoms with E-state index in [1.165, 1.54) is 49.4 Å². The molecule has 36 heavy (non-hydrogen) atoms. The summed E-state index contributed by atoms with van der Waals surface area (Å²) in [6, 6.07) is 15.6. The topological polar surface area (TPSA) is 101 Å². The number of piperidine rings is 1. The number of hydrogen-bond acceptors (Lipinski definition) is 5. The third-order valence-electron chi connectivity index (χ3n) is 6.73. The number of aromatic nitrogens is 1. The van der Waals surface area contributed by atoms with Crippen LogP contribution in [0.15, 0.2) is 70.4 Å². The first-order valence-corrected chi connectivity index (χ1v) is 13.3. The first-order chi connectivity index (χ1) is 17.2. The van der Waals surface area contributed by atoms with Crippen molar-refractivity contribution in [1.82, 2.24) is 9.47 Å². The van der Waals surface area contributed by atoms with Crippen molar-refractivity contribution in [3.05, 3.63) is 88.1 Å². The highest BCUT2D eigenvalue weighted by Gasteiger charge is 2.35. The lowest BCUT2D eigenvalue weighted by atomic mass is 9.83. The van der Waals surface area contributed by atoms with Crippen LogP contribution in [-0.2, 0) is 27.9 Å². The normalized spacial score (nSPS) is 19.4. The number of rotatable bonds is 6. The number of nitrogens with zero attached hydrogens (tertiary/aromatic N) is 2. The van der Waals surface area contributed by atoms with E-state index in [4.69, 9.17) is 0 Å². The predicted octanol–water partition coefficient (Wildman–Crippen LogP) is 3.37. The van der Waals surface area contributed by atoms with E-state index in [0.29, 0.717) is 12.2 Å². The molecule has 3 heterocycles. The maximum Gasteiger partial charge on any atom is 0.275 e. The molecule has 2 bridgehead atoms. The average molecular weight is 511 g/mol. The van der Waals surface area contributed by atoms with Crippen LogP contribution in [0, 0.1) is 11.7 Å². The molecule has 2 aromatic carbocycles. The van der Waals surface area contributed by atoms with Crippen LogP contribution in [0.4, 0.5) is 15.8 Å². The van der Waals surface area contributed by atoms with Crippen molar-refractivity contribution in [3.63, 3.8) is 0 Å². The number of carbonyl (C=O) groups is 1. The second-order valence-corrected chi connectivity index (χ2v) is 11.2. The largest absolute Gasteiger partial charge is 0.326 e. The number of likely N-dealkylation sites (tertiary alicyclic amines) is 1. The molecule has 2 N–H and O–H groups in total. The van der Waals surface area contributed by atoms with Crippen molar-refractivity contribution in [2.75, 3.05) is 23.1 Å². The molecule has 2 atom stereocenters. The fourth-order valence-corrected chi connectivity index (χ4v) is 6.28. The fraction of sp³-hybridized carbons (Fsp3) is 0.308. The van der Waals surface area contributed by atoms with Gasteiger partial charge in [0.2, 0.25) is 5.91 Å². The number of carbonyl (C=O) groups excluding carboxylic acids is 1. The number of hydrogen-bond donors (Lipinski definition) is 2. The minimum Gasteiger partial charge on any atom is -0.326 e. The minimum absolute atomic E-state index is 0.00725. The van der Waals surface area contributed by atoms with Gasteiger partial charge in [-0.25, -0.2) is 12.8 Å². The van der Waals surface area contributed by atoms with Gasteiger partial charge in [-0.1, -0.05) is 12.1 Å². The minimum atomic E-state index is -3.98. The van der Waals surface area contributed by atoms with E-state index in [1.54, 1.807) is 16.7 Å². The average Bonchev–Trinajstić information content (AvgIpc) is 2.82. The number of benzene rings is 2. The van der Waals surface area contributed by atoms with Crippen LogP contribution in [0.2, 0.25) is 0 Å². The molecule has 5 rings (SSSR count). The zero-order valence-electron chi connectivity index (χ0n) is 19.8. The molecule has 1 amide bonds. The maximum atomic E-state index is 13.3. The van der Waals surface area contributed by atoms with E-state index < -0.39 is 10.0 Å². The van der Waals surface area contributed by atoms with Crippen LogP contribution in [0.3, 0.4) is 0 Å². The molecule has 0 radical (unpaired) electrons. The molecule has 0 aliphatic carbocycles. The lowest BCUT2D eigenvalue weighted by molar-refractivity contribution is -0.114. The van der Waals surface area contributed by atoms with Crippen LogP contribution in [-0.4, -0.2) is 36.9 Å². The summed E-state index contributed by atoms with van der Waals surface area (Å²) < 4.78 is 43.2. The van der Waals surface area contributed by atoms with Crippen LogP contribution >= 0.6 is 0 Å². The second-order valence-electron chi connectivity index (χ2n) is 9.52.